The Kier molecular flexibility index (Phi) is 9.53. The molecule has 2 aromatic heterocycles. The molecule has 3 saturated heterocycles. The van der Waals surface area contributed by atoms with Crippen LogP contribution in [0.2, 0.25) is 0 Å². The summed E-state index contributed by atoms with van der Waals surface area (Å²) < 4.78 is 29.5. The number of nitriles is 1. The molecule has 2 unspecified atom stereocenters. The third-order valence-electron chi connectivity index (χ3n) is 9.84. The molecule has 7 rings (SSSR count). The predicted molar refractivity (Wildman–Crippen MR) is 186 cm³/mol. The summed E-state index contributed by atoms with van der Waals surface area (Å²) in [5.41, 5.74) is 1.05. The van der Waals surface area contributed by atoms with Crippen LogP contribution in [0, 0.1) is 17.1 Å². The molecule has 11 nitrogen and oxygen atoms in total. The van der Waals surface area contributed by atoms with Crippen LogP contribution in [-0.4, -0.2) is 121 Å². The first-order valence-corrected chi connectivity index (χ1v) is 17.9. The van der Waals surface area contributed by atoms with Crippen LogP contribution >= 0.6 is 0 Å². The number of carbonyl (C=O) groups excluding carboxylic acids is 1. The van der Waals surface area contributed by atoms with Gasteiger partial charge < -0.3 is 4.74 Å². The first kappa shape index (κ1) is 33.4. The van der Waals surface area contributed by atoms with Crippen LogP contribution in [0.15, 0.2) is 66.5 Å². The zero-order valence-corrected chi connectivity index (χ0v) is 30.2. The van der Waals surface area contributed by atoms with E-state index in [-0.39, 0.29) is 17.5 Å². The van der Waals surface area contributed by atoms with Gasteiger partial charge in [-0.05, 0) is 0 Å². The van der Waals surface area contributed by atoms with Crippen LogP contribution < -0.4 is 9.22 Å². The van der Waals surface area contributed by atoms with Crippen molar-refractivity contribution in [2.45, 2.75) is 44.3 Å². The SMILES string of the molecule is CC(C)(C=C(C#N)C(=O)N1CCCC(n2nc(-c3ccc(Oc4ccccc4)cc3F)c3c([AsH2])ncnc32)C1)N1CCN(C2COC2)CC1. The van der Waals surface area contributed by atoms with Gasteiger partial charge in [0.15, 0.2) is 0 Å². The summed E-state index contributed by atoms with van der Waals surface area (Å²) in [7, 11) is 0. The van der Waals surface area contributed by atoms with Gasteiger partial charge in [-0.2, -0.15) is 0 Å². The summed E-state index contributed by atoms with van der Waals surface area (Å²) in [5, 5.41) is 15.8. The fraction of sp³-hybridized carbons (Fsp3) is 0.417. The summed E-state index contributed by atoms with van der Waals surface area (Å²) >= 11 is 1.30. The molecule has 0 bridgehead atoms. The van der Waals surface area contributed by atoms with E-state index in [0.29, 0.717) is 52.9 Å². The number of ether oxygens (including phenoxy) is 2. The van der Waals surface area contributed by atoms with E-state index in [1.165, 1.54) is 29.2 Å². The molecule has 0 saturated carbocycles. The van der Waals surface area contributed by atoms with Gasteiger partial charge in [0.25, 0.3) is 0 Å². The molecule has 1 amide bonds. The Hall–Kier alpha value is -4.14. The Labute approximate surface area is 293 Å². The van der Waals surface area contributed by atoms with Crippen molar-refractivity contribution >= 4 is 38.3 Å². The molecule has 254 valence electrons. The molecule has 4 aromatic rings. The van der Waals surface area contributed by atoms with Crippen LogP contribution in [-0.2, 0) is 9.53 Å². The zero-order chi connectivity index (χ0) is 34.1. The fourth-order valence-corrected chi connectivity index (χ4v) is 7.71. The molecule has 13 heteroatoms. The van der Waals surface area contributed by atoms with Crippen LogP contribution in [0.25, 0.3) is 22.3 Å². The summed E-state index contributed by atoms with van der Waals surface area (Å²) in [6, 6.07) is 16.5. The monoisotopic (exact) mass is 726 g/mol. The second-order valence-corrected chi connectivity index (χ2v) is 14.5. The van der Waals surface area contributed by atoms with Crippen molar-refractivity contribution in [3.05, 3.63) is 72.3 Å². The van der Waals surface area contributed by atoms with Crippen molar-refractivity contribution in [3.8, 4) is 28.8 Å². The van der Waals surface area contributed by atoms with E-state index in [2.05, 4.69) is 39.7 Å². The molecule has 2 aromatic carbocycles. The Balaban J connectivity index is 1.11. The number of piperazine rings is 1. The van der Waals surface area contributed by atoms with Crippen LogP contribution in [0.1, 0.15) is 32.7 Å². The van der Waals surface area contributed by atoms with Crippen LogP contribution in [0.4, 0.5) is 4.39 Å². The van der Waals surface area contributed by atoms with Crippen molar-refractivity contribution in [2.24, 2.45) is 0 Å². The zero-order valence-electron chi connectivity index (χ0n) is 27.8. The van der Waals surface area contributed by atoms with E-state index in [9.17, 15) is 10.1 Å². The van der Waals surface area contributed by atoms with Crippen molar-refractivity contribution in [1.82, 2.24) is 34.4 Å². The summed E-state index contributed by atoms with van der Waals surface area (Å²) in [5.74, 6) is 0.242. The van der Waals surface area contributed by atoms with Gasteiger partial charge in [0.05, 0.1) is 19.3 Å². The number of para-hydroxylation sites is 1. The fourth-order valence-electron chi connectivity index (χ4n) is 7.01. The molecule has 3 aliphatic heterocycles. The second-order valence-electron chi connectivity index (χ2n) is 13.4. The van der Waals surface area contributed by atoms with Crippen LogP contribution in [0.5, 0.6) is 11.5 Å². The van der Waals surface area contributed by atoms with Gasteiger partial charge in [-0.15, -0.1) is 0 Å². The van der Waals surface area contributed by atoms with Gasteiger partial charge in [0.1, 0.15) is 0 Å². The van der Waals surface area contributed by atoms with Gasteiger partial charge >= 0.3 is 240 Å². The first-order valence-electron chi connectivity index (χ1n) is 16.7. The maximum absolute atomic E-state index is 15.7. The van der Waals surface area contributed by atoms with Gasteiger partial charge in [0, 0.05) is 26.2 Å². The van der Waals surface area contributed by atoms with Crippen molar-refractivity contribution in [1.29, 1.82) is 5.26 Å². The number of halogens is 1. The van der Waals surface area contributed by atoms with Crippen molar-refractivity contribution in [3.63, 3.8) is 0 Å². The predicted octanol–water partition coefficient (Wildman–Crippen LogP) is 3.09. The van der Waals surface area contributed by atoms with E-state index >= 15 is 4.39 Å². The number of fused-ring (bicyclic) bond motifs is 1. The van der Waals surface area contributed by atoms with Gasteiger partial charge in [0.2, 0.25) is 0 Å². The molecule has 0 spiro atoms. The minimum Gasteiger partial charge on any atom is -0.378 e. The molecule has 2 atom stereocenters. The molecular weight excluding hydrogens is 686 g/mol. The van der Waals surface area contributed by atoms with Crippen LogP contribution in [0.3, 0.4) is 0 Å². The molecule has 49 heavy (non-hydrogen) atoms. The van der Waals surface area contributed by atoms with Gasteiger partial charge in [-0.1, -0.05) is 0 Å². The average molecular weight is 727 g/mol. The topological polar surface area (TPSA) is 113 Å². The number of hydrogen-bond acceptors (Lipinski definition) is 9. The van der Waals surface area contributed by atoms with E-state index in [4.69, 9.17) is 14.6 Å². The number of piperidine rings is 1. The summed E-state index contributed by atoms with van der Waals surface area (Å²) in [4.78, 5) is 29.4. The van der Waals surface area contributed by atoms with E-state index in [0.717, 1.165) is 56.7 Å². The Morgan fingerprint density at radius 2 is 1.84 bits per heavy atom. The van der Waals surface area contributed by atoms with Gasteiger partial charge in [-0.3, -0.25) is 4.90 Å². The number of aromatic nitrogens is 4. The number of likely N-dealkylation sites (tertiary alicyclic amines) is 1. The van der Waals surface area contributed by atoms with E-state index in [1.54, 1.807) is 17.0 Å². The molecule has 3 fully saturated rings. The van der Waals surface area contributed by atoms with Crippen molar-refractivity contribution < 1.29 is 18.7 Å². The summed E-state index contributed by atoms with van der Waals surface area (Å²) in [6.07, 6.45) is 4.82. The molecule has 0 N–H and O–H groups in total. The van der Waals surface area contributed by atoms with Gasteiger partial charge in [-0.25, -0.2) is 0 Å². The number of nitrogens with zero attached hydrogens (tertiary/aromatic N) is 8. The molecule has 3 aliphatic rings. The van der Waals surface area contributed by atoms with Crippen molar-refractivity contribution in [2.75, 3.05) is 52.5 Å². The number of hydrogen-bond donors (Lipinski definition) is 0. The second kappa shape index (κ2) is 14.0. The Morgan fingerprint density at radius 1 is 1.06 bits per heavy atom. The minimum absolute atomic E-state index is 0.146. The van der Waals surface area contributed by atoms with E-state index < -0.39 is 11.4 Å². The number of amides is 1. The normalized spacial score (nSPS) is 19.9. The molecule has 0 radical (unpaired) electrons. The number of carbonyl (C=O) groups is 1. The minimum atomic E-state index is -0.471. The Morgan fingerprint density at radius 3 is 2.53 bits per heavy atom. The molecular formula is C36H40AsFN8O3. The smallest absolute Gasteiger partial charge is 0.378 e. The maximum atomic E-state index is 15.7. The first-order chi connectivity index (χ1) is 23.7. The summed E-state index contributed by atoms with van der Waals surface area (Å²) in [6.45, 7) is 10.2. The standard InChI is InChI=1S/C36H40AsFN8O3/c1-36(2,45-15-13-43(14-16-45)26-21-48-22-26)18-24(19-39)35(47)44-12-6-7-25(20-44)46-34-31(33(37)40-23-41-34)32(42-46)29-11-10-28(17-30(29)38)49-27-8-4-3-5-9-27/h3-5,8-11,17-18,23,25-26H,6-7,12-16,20-22,37H2,1-2H3. The third kappa shape index (κ3) is 6.86. The number of benzene rings is 2. The van der Waals surface area contributed by atoms with E-state index in [1.807, 2.05) is 41.1 Å². The average Bonchev–Trinajstić information content (AvgIpc) is 3.48. The third-order valence-corrected chi connectivity index (χ3v) is 10.8. The quantitative estimate of drug-likeness (QED) is 0.154. The molecule has 0 aliphatic carbocycles. The number of rotatable bonds is 8. The Bertz CT molecular complexity index is 1910. The molecule has 5 heterocycles.